The van der Waals surface area contributed by atoms with Gasteiger partial charge in [-0.25, -0.2) is 0 Å². The molecule has 1 aromatic carbocycles. The highest BCUT2D eigenvalue weighted by Crippen LogP contribution is 2.31. The molecule has 70 valence electrons. The number of para-hydroxylation sites is 2. The second-order valence-corrected chi connectivity index (χ2v) is 4.05. The lowest BCUT2D eigenvalue weighted by molar-refractivity contribution is 0.415. The molecule has 0 spiro atoms. The third kappa shape index (κ3) is 1.75. The smallest absolute Gasteiger partial charge is 0.142 e. The van der Waals surface area contributed by atoms with Crippen molar-refractivity contribution < 1.29 is 4.74 Å². The normalized spacial score (nSPS) is 16.2. The van der Waals surface area contributed by atoms with Crippen LogP contribution in [0.4, 0.5) is 5.69 Å². The zero-order valence-corrected chi connectivity index (χ0v) is 8.51. The van der Waals surface area contributed by atoms with E-state index in [2.05, 4.69) is 17.0 Å². The van der Waals surface area contributed by atoms with Gasteiger partial charge >= 0.3 is 0 Å². The Balaban J connectivity index is 2.26. The summed E-state index contributed by atoms with van der Waals surface area (Å²) in [6, 6.07) is 8.19. The quantitative estimate of drug-likeness (QED) is 0.718. The standard InChI is InChI=1S/C10H13NOS/c1-12-10-5-3-2-4-9(10)11-6-7-13-8-11/h2-5H,6-8H2,1H3. The zero-order chi connectivity index (χ0) is 9.10. The molecule has 0 radical (unpaired) electrons. The van der Waals surface area contributed by atoms with Crippen LogP contribution >= 0.6 is 11.8 Å². The van der Waals surface area contributed by atoms with Crippen LogP contribution < -0.4 is 9.64 Å². The highest BCUT2D eigenvalue weighted by atomic mass is 32.2. The summed E-state index contributed by atoms with van der Waals surface area (Å²) >= 11 is 1.97. The molecule has 0 aromatic heterocycles. The van der Waals surface area contributed by atoms with Gasteiger partial charge in [0.1, 0.15) is 5.75 Å². The molecule has 2 nitrogen and oxygen atoms in total. The summed E-state index contributed by atoms with van der Waals surface area (Å²) in [7, 11) is 1.72. The third-order valence-electron chi connectivity index (χ3n) is 2.18. The molecule has 1 aliphatic heterocycles. The Bertz CT molecular complexity index is 284. The number of nitrogens with zero attached hydrogens (tertiary/aromatic N) is 1. The predicted octanol–water partition coefficient (Wildman–Crippen LogP) is 2.21. The Morgan fingerprint density at radius 3 is 2.92 bits per heavy atom. The number of anilines is 1. The summed E-state index contributed by atoms with van der Waals surface area (Å²) in [4.78, 5) is 2.35. The van der Waals surface area contributed by atoms with Crippen LogP contribution in [0.2, 0.25) is 0 Å². The van der Waals surface area contributed by atoms with E-state index in [1.807, 2.05) is 23.9 Å². The molecule has 1 aliphatic rings. The number of hydrogen-bond acceptors (Lipinski definition) is 3. The molecule has 0 aliphatic carbocycles. The van der Waals surface area contributed by atoms with Gasteiger partial charge in [0, 0.05) is 12.3 Å². The Labute approximate surface area is 82.9 Å². The van der Waals surface area contributed by atoms with Gasteiger partial charge in [-0.05, 0) is 12.1 Å². The lowest BCUT2D eigenvalue weighted by atomic mass is 10.2. The molecule has 1 heterocycles. The van der Waals surface area contributed by atoms with Gasteiger partial charge < -0.3 is 9.64 Å². The monoisotopic (exact) mass is 195 g/mol. The molecular weight excluding hydrogens is 182 g/mol. The van der Waals surface area contributed by atoms with E-state index >= 15 is 0 Å². The van der Waals surface area contributed by atoms with Crippen molar-refractivity contribution in [1.29, 1.82) is 0 Å². The van der Waals surface area contributed by atoms with Crippen LogP contribution in [0, 0.1) is 0 Å². The lowest BCUT2D eigenvalue weighted by Gasteiger charge is -2.19. The summed E-state index contributed by atoms with van der Waals surface area (Å²) in [5, 5.41) is 0. The van der Waals surface area contributed by atoms with E-state index in [0.717, 1.165) is 18.2 Å². The number of rotatable bonds is 2. The number of methoxy groups -OCH3 is 1. The van der Waals surface area contributed by atoms with E-state index < -0.39 is 0 Å². The van der Waals surface area contributed by atoms with Crippen LogP contribution in [-0.4, -0.2) is 25.3 Å². The summed E-state index contributed by atoms with van der Waals surface area (Å²) in [6.45, 7) is 1.13. The maximum atomic E-state index is 5.31. The minimum absolute atomic E-state index is 0.977. The fourth-order valence-electron chi connectivity index (χ4n) is 1.50. The summed E-state index contributed by atoms with van der Waals surface area (Å²) in [5.41, 5.74) is 1.22. The molecule has 1 aromatic rings. The maximum Gasteiger partial charge on any atom is 0.142 e. The Morgan fingerprint density at radius 1 is 1.38 bits per heavy atom. The Kier molecular flexibility index (Phi) is 2.64. The van der Waals surface area contributed by atoms with Gasteiger partial charge in [0.15, 0.2) is 0 Å². The van der Waals surface area contributed by atoms with Gasteiger partial charge in [-0.15, -0.1) is 11.8 Å². The molecule has 1 fully saturated rings. The Morgan fingerprint density at radius 2 is 2.23 bits per heavy atom. The summed E-state index contributed by atoms with van der Waals surface area (Å²) in [6.07, 6.45) is 0. The van der Waals surface area contributed by atoms with E-state index in [-0.39, 0.29) is 0 Å². The van der Waals surface area contributed by atoms with Crippen LogP contribution in [0.1, 0.15) is 0 Å². The SMILES string of the molecule is COc1ccccc1N1CCSC1. The molecule has 0 bridgehead atoms. The van der Waals surface area contributed by atoms with Crippen LogP contribution in [0.15, 0.2) is 24.3 Å². The molecule has 2 rings (SSSR count). The molecular formula is C10H13NOS. The third-order valence-corrected chi connectivity index (χ3v) is 3.14. The van der Waals surface area contributed by atoms with E-state index in [0.29, 0.717) is 0 Å². The predicted molar refractivity (Wildman–Crippen MR) is 57.7 cm³/mol. The molecule has 0 unspecified atom stereocenters. The first-order chi connectivity index (χ1) is 6.42. The minimum Gasteiger partial charge on any atom is -0.495 e. The number of thioether (sulfide) groups is 1. The van der Waals surface area contributed by atoms with Gasteiger partial charge in [0.25, 0.3) is 0 Å². The van der Waals surface area contributed by atoms with Crippen LogP contribution in [-0.2, 0) is 0 Å². The lowest BCUT2D eigenvalue weighted by Crippen LogP contribution is -2.18. The first kappa shape index (κ1) is 8.75. The van der Waals surface area contributed by atoms with Gasteiger partial charge in [-0.1, -0.05) is 12.1 Å². The van der Waals surface area contributed by atoms with Gasteiger partial charge in [0.05, 0.1) is 18.7 Å². The van der Waals surface area contributed by atoms with Crippen molar-refractivity contribution in [3.63, 3.8) is 0 Å². The fraction of sp³-hybridized carbons (Fsp3) is 0.400. The molecule has 1 saturated heterocycles. The number of hydrogen-bond donors (Lipinski definition) is 0. The van der Waals surface area contributed by atoms with E-state index in [4.69, 9.17) is 4.74 Å². The first-order valence-electron chi connectivity index (χ1n) is 4.37. The highest BCUT2D eigenvalue weighted by Gasteiger charge is 2.15. The van der Waals surface area contributed by atoms with Crippen molar-refractivity contribution in [2.75, 3.05) is 30.2 Å². The fourth-order valence-corrected chi connectivity index (χ4v) is 2.46. The van der Waals surface area contributed by atoms with Crippen molar-refractivity contribution in [2.24, 2.45) is 0 Å². The van der Waals surface area contributed by atoms with Crippen molar-refractivity contribution in [1.82, 2.24) is 0 Å². The molecule has 0 atom stereocenters. The van der Waals surface area contributed by atoms with Crippen molar-refractivity contribution >= 4 is 17.4 Å². The average Bonchev–Trinajstić information content (AvgIpc) is 2.70. The number of ether oxygens (including phenoxy) is 1. The summed E-state index contributed by atoms with van der Waals surface area (Å²) < 4.78 is 5.31. The Hall–Kier alpha value is -0.830. The van der Waals surface area contributed by atoms with Crippen molar-refractivity contribution in [3.8, 4) is 5.75 Å². The topological polar surface area (TPSA) is 12.5 Å². The maximum absolute atomic E-state index is 5.31. The zero-order valence-electron chi connectivity index (χ0n) is 7.69. The molecule has 0 N–H and O–H groups in total. The van der Waals surface area contributed by atoms with Crippen LogP contribution in [0.5, 0.6) is 5.75 Å². The molecule has 0 amide bonds. The van der Waals surface area contributed by atoms with Crippen LogP contribution in [0.3, 0.4) is 0 Å². The van der Waals surface area contributed by atoms with Gasteiger partial charge in [-0.3, -0.25) is 0 Å². The molecule has 13 heavy (non-hydrogen) atoms. The van der Waals surface area contributed by atoms with E-state index in [1.165, 1.54) is 11.4 Å². The van der Waals surface area contributed by atoms with E-state index in [1.54, 1.807) is 7.11 Å². The second kappa shape index (κ2) is 3.92. The van der Waals surface area contributed by atoms with E-state index in [9.17, 15) is 0 Å². The number of benzene rings is 1. The van der Waals surface area contributed by atoms with Crippen molar-refractivity contribution in [3.05, 3.63) is 24.3 Å². The van der Waals surface area contributed by atoms with Crippen LogP contribution in [0.25, 0.3) is 0 Å². The van der Waals surface area contributed by atoms with Gasteiger partial charge in [0.2, 0.25) is 0 Å². The second-order valence-electron chi connectivity index (χ2n) is 2.97. The first-order valence-corrected chi connectivity index (χ1v) is 5.53. The summed E-state index contributed by atoms with van der Waals surface area (Å²) in [5.74, 6) is 3.28. The largest absolute Gasteiger partial charge is 0.495 e. The average molecular weight is 195 g/mol. The van der Waals surface area contributed by atoms with Gasteiger partial charge in [-0.2, -0.15) is 0 Å². The molecule has 0 saturated carbocycles. The minimum atomic E-state index is 0.977. The highest BCUT2D eigenvalue weighted by molar-refractivity contribution is 7.99. The molecule has 3 heteroatoms. The van der Waals surface area contributed by atoms with Crippen molar-refractivity contribution in [2.45, 2.75) is 0 Å².